The first kappa shape index (κ1) is 66.6. The van der Waals surface area contributed by atoms with Crippen LogP contribution < -0.4 is 19.2 Å². The van der Waals surface area contributed by atoms with Gasteiger partial charge >= 0.3 is 11.9 Å². The summed E-state index contributed by atoms with van der Waals surface area (Å²) in [4.78, 5) is 48.1. The Kier molecular flexibility index (Phi) is 23.3. The van der Waals surface area contributed by atoms with E-state index in [1.807, 2.05) is 12.1 Å². The fourth-order valence-electron chi connectivity index (χ4n) is 9.77. The number of carbonyl (C=O) groups excluding carboxylic acids is 3. The second-order valence-corrected chi connectivity index (χ2v) is 26.1. The number of nitrogens with zero attached hydrogens (tertiary/aromatic N) is 2. The predicted molar refractivity (Wildman–Crippen MR) is 323 cm³/mol. The fourth-order valence-corrected chi connectivity index (χ4v) is 11.6. The molecule has 2 aromatic heterocycles. The lowest BCUT2D eigenvalue weighted by molar-refractivity contribution is -0.160. The molecule has 0 saturated heterocycles. The van der Waals surface area contributed by atoms with Crippen molar-refractivity contribution in [3.63, 3.8) is 0 Å². The summed E-state index contributed by atoms with van der Waals surface area (Å²) >= 11 is 0. The van der Waals surface area contributed by atoms with E-state index in [-0.39, 0.29) is 74.7 Å². The zero-order chi connectivity index (χ0) is 62.3. The van der Waals surface area contributed by atoms with Crippen LogP contribution in [-0.2, 0) is 53.3 Å². The monoisotopic (exact) mass is 1240 g/mol. The van der Waals surface area contributed by atoms with Crippen molar-refractivity contribution in [2.24, 2.45) is 0 Å². The summed E-state index contributed by atoms with van der Waals surface area (Å²) in [6.45, 7) is 7.26. The van der Waals surface area contributed by atoms with Gasteiger partial charge in [-0.2, -0.15) is 0 Å². The molecule has 3 N–H and O–H groups in total. The van der Waals surface area contributed by atoms with Gasteiger partial charge in [0, 0.05) is 74.6 Å². The number of nitrogens with one attached hydrogen (secondary N) is 2. The Bertz CT molecular complexity index is 3540. The lowest BCUT2D eigenvalue weighted by Crippen LogP contribution is -2.34. The van der Waals surface area contributed by atoms with Crippen LogP contribution in [0.2, 0.25) is 0 Å². The maximum atomic E-state index is 13.6. The quantitative estimate of drug-likeness (QED) is 0.0262. The van der Waals surface area contributed by atoms with E-state index in [1.165, 1.54) is 59.1 Å². The lowest BCUT2D eigenvalue weighted by atomic mass is 10.0. The van der Waals surface area contributed by atoms with Crippen molar-refractivity contribution in [1.29, 1.82) is 0 Å². The smallest absolute Gasteiger partial charge is 0.332 e. The Hall–Kier alpha value is -6.96. The Morgan fingerprint density at radius 2 is 0.942 bits per heavy atom. The second-order valence-electron chi connectivity index (χ2n) is 22.2. The van der Waals surface area contributed by atoms with Gasteiger partial charge < -0.3 is 48.3 Å². The number of rotatable bonds is 32. The lowest BCUT2D eigenvalue weighted by Gasteiger charge is -2.25. The van der Waals surface area contributed by atoms with E-state index in [2.05, 4.69) is 10.6 Å². The topological polar surface area (TPSA) is 260 Å². The molecular weight excluding hydrogens is 1160 g/mol. The highest BCUT2D eigenvalue weighted by Gasteiger charge is 2.35. The van der Waals surface area contributed by atoms with E-state index in [9.17, 15) is 44.8 Å². The fraction of sp³-hybridized carbons (Fsp3) is 0.484. The molecule has 2 aliphatic carbocycles. The van der Waals surface area contributed by atoms with Gasteiger partial charge in [0.25, 0.3) is 11.8 Å². The van der Waals surface area contributed by atoms with Crippen molar-refractivity contribution in [3.05, 3.63) is 107 Å². The first-order valence-corrected chi connectivity index (χ1v) is 32.4. The molecule has 0 unspecified atom stereocenters. The molecule has 0 spiro atoms. The largest absolute Gasteiger partial charge is 0.480 e. The number of carboxylic acid groups (broad SMARTS) is 1. The maximum absolute atomic E-state index is 13.6. The third-order valence-corrected chi connectivity index (χ3v) is 16.4. The van der Waals surface area contributed by atoms with Crippen molar-refractivity contribution < 1.29 is 82.4 Å². The number of carbonyl (C=O) groups is 4. The maximum Gasteiger partial charge on any atom is 0.332 e. The summed E-state index contributed by atoms with van der Waals surface area (Å²) in [6, 6.07) is 18.4. The third kappa shape index (κ3) is 18.8. The molecule has 2 aliphatic rings. The number of halogens is 2. The molecule has 0 radical (unpaired) electrons. The van der Waals surface area contributed by atoms with Crippen LogP contribution in [0.1, 0.15) is 129 Å². The highest BCUT2D eigenvalue weighted by Crippen LogP contribution is 2.49. The van der Waals surface area contributed by atoms with Crippen LogP contribution >= 0.6 is 0 Å². The Morgan fingerprint density at radius 3 is 1.28 bits per heavy atom. The SMILES string of the molecule is CNC(=O)c1c(-c2ccc(F)cc2)oc2cc(N(CCOCCCCCOCC(=O)O)S(C)(=O)=O)c(C3CC3)cc12.CNC(=O)c1c(-c2ccc(F)cc2)oc2cc(N(CCOCCCCCOCC(=O)OC(C)(C)C)S(C)(=O)=O)c(C3CC3)cc12. The third-order valence-electron chi connectivity index (χ3n) is 14.1. The van der Waals surface area contributed by atoms with Gasteiger partial charge in [-0.05, 0) is 169 Å². The molecule has 0 bridgehead atoms. The number of sulfonamides is 2. The van der Waals surface area contributed by atoms with E-state index >= 15 is 0 Å². The average molecular weight is 1240 g/mol. The van der Waals surface area contributed by atoms with Crippen LogP contribution in [0.15, 0.2) is 81.6 Å². The average Bonchev–Trinajstić information content (AvgIpc) is 2.36. The zero-order valence-electron chi connectivity index (χ0n) is 49.8. The van der Waals surface area contributed by atoms with E-state index < -0.39 is 49.2 Å². The van der Waals surface area contributed by atoms with Gasteiger partial charge in [0.05, 0.1) is 61.3 Å². The molecule has 468 valence electrons. The van der Waals surface area contributed by atoms with Crippen molar-refractivity contribution in [2.45, 2.75) is 102 Å². The number of hydrogen-bond acceptors (Lipinski definition) is 15. The summed E-state index contributed by atoms with van der Waals surface area (Å²) in [5.74, 6) is -2.06. The van der Waals surface area contributed by atoms with Crippen LogP contribution in [0.3, 0.4) is 0 Å². The highest BCUT2D eigenvalue weighted by molar-refractivity contribution is 7.92. The number of aliphatic carboxylic acids is 1. The molecule has 0 atom stereocenters. The number of amides is 2. The molecule has 86 heavy (non-hydrogen) atoms. The number of furan rings is 2. The number of anilines is 2. The highest BCUT2D eigenvalue weighted by atomic mass is 32.2. The number of hydrogen-bond donors (Lipinski definition) is 3. The Morgan fingerprint density at radius 1 is 0.570 bits per heavy atom. The summed E-state index contributed by atoms with van der Waals surface area (Å²) in [7, 11) is -4.33. The van der Waals surface area contributed by atoms with Crippen molar-refractivity contribution in [3.8, 4) is 22.6 Å². The number of benzene rings is 4. The molecule has 6 aromatic rings. The van der Waals surface area contributed by atoms with Crippen molar-refractivity contribution in [1.82, 2.24) is 10.6 Å². The van der Waals surface area contributed by atoms with Crippen molar-refractivity contribution in [2.75, 3.05) is 101 Å². The zero-order valence-corrected chi connectivity index (χ0v) is 51.4. The van der Waals surface area contributed by atoms with Gasteiger partial charge in [0.1, 0.15) is 53.1 Å². The Labute approximate surface area is 500 Å². The van der Waals surface area contributed by atoms with Gasteiger partial charge in [-0.1, -0.05) is 0 Å². The van der Waals surface area contributed by atoms with E-state index in [0.717, 1.165) is 81.4 Å². The minimum atomic E-state index is -3.69. The minimum Gasteiger partial charge on any atom is -0.480 e. The first-order valence-electron chi connectivity index (χ1n) is 28.7. The second kappa shape index (κ2) is 30.1. The summed E-state index contributed by atoms with van der Waals surface area (Å²) in [5.41, 5.74) is 4.49. The normalized spacial score (nSPS) is 13.5. The molecule has 4 aromatic carbocycles. The van der Waals surface area contributed by atoms with Gasteiger partial charge in [-0.3, -0.25) is 18.2 Å². The number of fused-ring (bicyclic) bond motifs is 2. The molecule has 2 fully saturated rings. The van der Waals surface area contributed by atoms with Crippen LogP contribution in [0, 0.1) is 11.6 Å². The summed E-state index contributed by atoms with van der Waals surface area (Å²) in [5, 5.41) is 15.0. The number of ether oxygens (including phenoxy) is 5. The molecule has 20 nitrogen and oxygen atoms in total. The van der Waals surface area contributed by atoms with Gasteiger partial charge in [0.15, 0.2) is 0 Å². The molecule has 2 saturated carbocycles. The number of esters is 1. The van der Waals surface area contributed by atoms with E-state index in [0.29, 0.717) is 88.4 Å². The molecule has 8 rings (SSSR count). The van der Waals surface area contributed by atoms with Gasteiger partial charge in [0.2, 0.25) is 20.0 Å². The molecule has 2 heterocycles. The van der Waals surface area contributed by atoms with E-state index in [1.54, 1.807) is 45.0 Å². The van der Waals surface area contributed by atoms with Crippen LogP contribution in [-0.4, -0.2) is 144 Å². The molecule has 0 aliphatic heterocycles. The first-order chi connectivity index (χ1) is 40.9. The predicted octanol–water partition coefficient (Wildman–Crippen LogP) is 10.3. The van der Waals surface area contributed by atoms with Gasteiger partial charge in [-0.15, -0.1) is 0 Å². The molecule has 2 amide bonds. The van der Waals surface area contributed by atoms with Gasteiger partial charge in [-0.25, -0.2) is 35.2 Å². The van der Waals surface area contributed by atoms with Crippen molar-refractivity contribution >= 4 is 77.1 Å². The summed E-state index contributed by atoms with van der Waals surface area (Å²) < 4.78 is 121. The van der Waals surface area contributed by atoms with Crippen LogP contribution in [0.5, 0.6) is 0 Å². The number of unbranched alkanes of at least 4 members (excludes halogenated alkanes) is 4. The number of carboxylic acids is 1. The summed E-state index contributed by atoms with van der Waals surface area (Å²) in [6.07, 6.45) is 10.5. The minimum absolute atomic E-state index is 0.0810. The molecular formula is C62H78F2N4O16S2. The molecule has 24 heteroatoms. The van der Waals surface area contributed by atoms with E-state index in [4.69, 9.17) is 37.6 Å². The Balaban J connectivity index is 0.000000247. The van der Waals surface area contributed by atoms with Crippen LogP contribution in [0.25, 0.3) is 44.6 Å². The van der Waals surface area contributed by atoms with Crippen LogP contribution in [0.4, 0.5) is 20.2 Å². The standard InChI is InChI=1S/C33H43FN2O8S.C29H35FN2O8S/c1-33(2,3)44-29(37)21-42-17-8-6-7-16-41-18-15-36(45(5,39)40)27-20-28-26(19-25(27)22-9-10-22)30(32(38)35-4)31(43-28)23-11-13-24(34)14-12-23;1-31-29(35)27-23-16-22(19-6-7-19)24(17-25(23)40-28(27)20-8-10-21(30)11-9-20)32(41(2,36)37)12-15-38-13-4-3-5-14-39-18-26(33)34/h11-14,19-20,22H,6-10,15-18,21H2,1-5H3,(H,35,38);8-11,16-17,19H,3-7,12-15,18H2,1-2H3,(H,31,35)(H,33,34).